The predicted molar refractivity (Wildman–Crippen MR) is 97.0 cm³/mol. The Labute approximate surface area is 153 Å². The van der Waals surface area contributed by atoms with Crippen LogP contribution in [0.5, 0.6) is 0 Å². The number of amides is 3. The molecule has 2 aliphatic heterocycles. The molecule has 1 aromatic rings. The van der Waals surface area contributed by atoms with Gasteiger partial charge in [0.15, 0.2) is 0 Å². The standard InChI is InChI=1S/C19H27FN4O2/c1-2-22-8-7-15(12-22)11-21-19(26)24-10-9-23(18(25)14-24)13-16-5-3-4-6-17(16)20/h3-6,15H,2,7-14H2,1H3,(H,21,26)/t15-/m1/s1. The van der Waals surface area contributed by atoms with Gasteiger partial charge < -0.3 is 20.0 Å². The third-order valence-electron chi connectivity index (χ3n) is 5.28. The second-order valence-electron chi connectivity index (χ2n) is 7.06. The van der Waals surface area contributed by atoms with Gasteiger partial charge >= 0.3 is 6.03 Å². The highest BCUT2D eigenvalue weighted by Crippen LogP contribution is 2.15. The van der Waals surface area contributed by atoms with Crippen molar-refractivity contribution in [1.82, 2.24) is 20.0 Å². The summed E-state index contributed by atoms with van der Waals surface area (Å²) in [5.74, 6) is 0.0304. The summed E-state index contributed by atoms with van der Waals surface area (Å²) in [6, 6.07) is 6.29. The number of benzene rings is 1. The number of nitrogens with zero attached hydrogens (tertiary/aromatic N) is 3. The lowest BCUT2D eigenvalue weighted by Gasteiger charge is -2.34. The van der Waals surface area contributed by atoms with Gasteiger partial charge in [0.1, 0.15) is 12.4 Å². The van der Waals surface area contributed by atoms with Crippen LogP contribution in [-0.2, 0) is 11.3 Å². The molecule has 2 heterocycles. The van der Waals surface area contributed by atoms with Crippen molar-refractivity contribution in [2.45, 2.75) is 19.9 Å². The Morgan fingerprint density at radius 3 is 2.77 bits per heavy atom. The van der Waals surface area contributed by atoms with Crippen LogP contribution in [0.15, 0.2) is 24.3 Å². The Kier molecular flexibility index (Phi) is 6.08. The summed E-state index contributed by atoms with van der Waals surface area (Å²) in [5.41, 5.74) is 0.500. The molecule has 2 aliphatic rings. The SMILES string of the molecule is CCN1CC[C@H](CNC(=O)N2CCN(Cc3ccccc3F)C(=O)C2)C1. The van der Waals surface area contributed by atoms with Gasteiger partial charge in [-0.05, 0) is 31.5 Å². The van der Waals surface area contributed by atoms with Crippen LogP contribution in [0.3, 0.4) is 0 Å². The van der Waals surface area contributed by atoms with Crippen molar-refractivity contribution in [3.63, 3.8) is 0 Å². The average molecular weight is 362 g/mol. The molecule has 26 heavy (non-hydrogen) atoms. The fraction of sp³-hybridized carbons (Fsp3) is 0.579. The van der Waals surface area contributed by atoms with Crippen molar-refractivity contribution < 1.29 is 14.0 Å². The van der Waals surface area contributed by atoms with E-state index in [9.17, 15) is 14.0 Å². The fourth-order valence-corrected chi connectivity index (χ4v) is 3.59. The molecule has 0 spiro atoms. The minimum absolute atomic E-state index is 0.0477. The maximum absolute atomic E-state index is 13.8. The number of likely N-dealkylation sites (tertiary alicyclic amines) is 1. The first-order valence-corrected chi connectivity index (χ1v) is 9.33. The van der Waals surface area contributed by atoms with E-state index in [1.807, 2.05) is 0 Å². The Morgan fingerprint density at radius 1 is 1.27 bits per heavy atom. The van der Waals surface area contributed by atoms with E-state index in [-0.39, 0.29) is 30.8 Å². The van der Waals surface area contributed by atoms with Crippen molar-refractivity contribution in [2.24, 2.45) is 5.92 Å². The molecule has 7 heteroatoms. The van der Waals surface area contributed by atoms with Crippen molar-refractivity contribution in [3.8, 4) is 0 Å². The molecular formula is C19H27FN4O2. The molecule has 0 radical (unpaired) electrons. The zero-order valence-electron chi connectivity index (χ0n) is 15.3. The summed E-state index contributed by atoms with van der Waals surface area (Å²) in [4.78, 5) is 30.2. The van der Waals surface area contributed by atoms with E-state index in [0.717, 1.165) is 26.1 Å². The van der Waals surface area contributed by atoms with Gasteiger partial charge in [0.25, 0.3) is 0 Å². The zero-order chi connectivity index (χ0) is 18.5. The van der Waals surface area contributed by atoms with Gasteiger partial charge in [-0.15, -0.1) is 0 Å². The van der Waals surface area contributed by atoms with E-state index >= 15 is 0 Å². The molecule has 0 saturated carbocycles. The van der Waals surface area contributed by atoms with Gasteiger partial charge in [-0.3, -0.25) is 4.79 Å². The highest BCUT2D eigenvalue weighted by atomic mass is 19.1. The molecule has 6 nitrogen and oxygen atoms in total. The number of nitrogens with one attached hydrogen (secondary N) is 1. The highest BCUT2D eigenvalue weighted by molar-refractivity contribution is 5.85. The molecule has 1 N–H and O–H groups in total. The molecule has 3 amide bonds. The van der Waals surface area contributed by atoms with Crippen LogP contribution in [-0.4, -0.2) is 72.5 Å². The molecular weight excluding hydrogens is 335 g/mol. The first-order chi connectivity index (χ1) is 12.6. The second-order valence-corrected chi connectivity index (χ2v) is 7.06. The number of hydrogen-bond donors (Lipinski definition) is 1. The van der Waals surface area contributed by atoms with E-state index in [1.165, 1.54) is 6.07 Å². The Hall–Kier alpha value is -2.15. The van der Waals surface area contributed by atoms with Gasteiger partial charge in [0.05, 0.1) is 0 Å². The Bertz CT molecular complexity index is 654. The molecule has 3 rings (SSSR count). The average Bonchev–Trinajstić information content (AvgIpc) is 3.11. The predicted octanol–water partition coefficient (Wildman–Crippen LogP) is 1.52. The van der Waals surface area contributed by atoms with Crippen molar-refractivity contribution >= 4 is 11.9 Å². The van der Waals surface area contributed by atoms with Gasteiger partial charge in [-0.1, -0.05) is 25.1 Å². The van der Waals surface area contributed by atoms with E-state index in [1.54, 1.807) is 28.0 Å². The number of rotatable bonds is 5. The molecule has 2 fully saturated rings. The molecule has 2 saturated heterocycles. The first-order valence-electron chi connectivity index (χ1n) is 9.33. The Morgan fingerprint density at radius 2 is 2.08 bits per heavy atom. The van der Waals surface area contributed by atoms with Gasteiger partial charge in [0.2, 0.25) is 5.91 Å². The second kappa shape index (κ2) is 8.49. The molecule has 0 aromatic heterocycles. The largest absolute Gasteiger partial charge is 0.338 e. The third-order valence-corrected chi connectivity index (χ3v) is 5.28. The number of urea groups is 1. The minimum Gasteiger partial charge on any atom is -0.338 e. The summed E-state index contributed by atoms with van der Waals surface area (Å²) >= 11 is 0. The maximum Gasteiger partial charge on any atom is 0.317 e. The van der Waals surface area contributed by atoms with Gasteiger partial charge in [0, 0.05) is 38.3 Å². The zero-order valence-corrected chi connectivity index (χ0v) is 15.3. The molecule has 1 aromatic carbocycles. The lowest BCUT2D eigenvalue weighted by atomic mass is 10.1. The van der Waals surface area contributed by atoms with Crippen LogP contribution in [0.2, 0.25) is 0 Å². The van der Waals surface area contributed by atoms with Crippen molar-refractivity contribution in [1.29, 1.82) is 0 Å². The van der Waals surface area contributed by atoms with E-state index in [0.29, 0.717) is 31.1 Å². The minimum atomic E-state index is -0.307. The number of hydrogen-bond acceptors (Lipinski definition) is 3. The van der Waals surface area contributed by atoms with Gasteiger partial charge in [-0.2, -0.15) is 0 Å². The van der Waals surface area contributed by atoms with E-state index in [2.05, 4.69) is 17.1 Å². The first kappa shape index (κ1) is 18.6. The van der Waals surface area contributed by atoms with Crippen LogP contribution in [0.1, 0.15) is 18.9 Å². The van der Waals surface area contributed by atoms with E-state index < -0.39 is 0 Å². The molecule has 142 valence electrons. The molecule has 0 bridgehead atoms. The van der Waals surface area contributed by atoms with Crippen LogP contribution in [0, 0.1) is 11.7 Å². The number of carbonyl (C=O) groups is 2. The summed E-state index contributed by atoms with van der Waals surface area (Å²) in [6.07, 6.45) is 1.10. The maximum atomic E-state index is 13.8. The van der Waals surface area contributed by atoms with Crippen molar-refractivity contribution in [2.75, 3.05) is 45.8 Å². The normalized spacial score (nSPS) is 21.3. The van der Waals surface area contributed by atoms with Crippen LogP contribution in [0.4, 0.5) is 9.18 Å². The molecule has 0 aliphatic carbocycles. The lowest BCUT2D eigenvalue weighted by molar-refractivity contribution is -0.135. The summed E-state index contributed by atoms with van der Waals surface area (Å²) in [5, 5.41) is 2.96. The van der Waals surface area contributed by atoms with Crippen LogP contribution >= 0.6 is 0 Å². The number of carbonyl (C=O) groups excluding carboxylic acids is 2. The summed E-state index contributed by atoms with van der Waals surface area (Å²) in [7, 11) is 0. The number of halogens is 1. The topological polar surface area (TPSA) is 55.9 Å². The summed E-state index contributed by atoms with van der Waals surface area (Å²) in [6.45, 7) is 7.14. The van der Waals surface area contributed by atoms with Crippen molar-refractivity contribution in [3.05, 3.63) is 35.6 Å². The summed E-state index contributed by atoms with van der Waals surface area (Å²) < 4.78 is 13.8. The quantitative estimate of drug-likeness (QED) is 0.864. The lowest BCUT2D eigenvalue weighted by Crippen LogP contribution is -2.54. The highest BCUT2D eigenvalue weighted by Gasteiger charge is 2.28. The molecule has 0 unspecified atom stereocenters. The smallest absolute Gasteiger partial charge is 0.317 e. The molecule has 1 atom stereocenters. The fourth-order valence-electron chi connectivity index (χ4n) is 3.59. The Balaban J connectivity index is 1.45. The number of piperazine rings is 1. The van der Waals surface area contributed by atoms with Gasteiger partial charge in [-0.25, -0.2) is 9.18 Å². The monoisotopic (exact) mass is 362 g/mol. The van der Waals surface area contributed by atoms with E-state index in [4.69, 9.17) is 0 Å². The van der Waals surface area contributed by atoms with Crippen LogP contribution in [0.25, 0.3) is 0 Å². The van der Waals surface area contributed by atoms with Crippen LogP contribution < -0.4 is 5.32 Å². The third kappa shape index (κ3) is 4.52.